The first kappa shape index (κ1) is 25.3. The van der Waals surface area contributed by atoms with Crippen LogP contribution in [0.1, 0.15) is 53.1 Å². The topological polar surface area (TPSA) is 75.2 Å². The smallest absolute Gasteiger partial charge is 0.264 e. The number of nitrogens with zero attached hydrogens (tertiary/aromatic N) is 3. The molecule has 0 spiro atoms. The van der Waals surface area contributed by atoms with Crippen LogP contribution in [0.4, 0.5) is 5.13 Å². The molecule has 5 rings (SSSR count). The van der Waals surface area contributed by atoms with Gasteiger partial charge in [-0.25, -0.2) is 4.98 Å². The Hall–Kier alpha value is -3.36. The van der Waals surface area contributed by atoms with Crippen LogP contribution in [0.5, 0.6) is 0 Å². The van der Waals surface area contributed by atoms with Crippen molar-refractivity contribution >= 4 is 39.6 Å². The number of anilines is 1. The Morgan fingerprint density at radius 3 is 2.35 bits per heavy atom. The van der Waals surface area contributed by atoms with Crippen LogP contribution in [-0.4, -0.2) is 39.3 Å². The minimum Gasteiger partial charge on any atom is -0.326 e. The van der Waals surface area contributed by atoms with E-state index < -0.39 is 6.04 Å². The summed E-state index contributed by atoms with van der Waals surface area (Å²) in [5, 5.41) is 5.41. The third kappa shape index (κ3) is 5.36. The van der Waals surface area contributed by atoms with Crippen LogP contribution in [0.2, 0.25) is 0 Å². The van der Waals surface area contributed by atoms with Gasteiger partial charge < -0.3 is 10.2 Å². The molecular weight excluding hydrogens is 500 g/mol. The number of hydrogen-bond acceptors (Lipinski definition) is 6. The van der Waals surface area contributed by atoms with Crippen LogP contribution in [0.25, 0.3) is 22.4 Å². The van der Waals surface area contributed by atoms with Crippen molar-refractivity contribution in [3.05, 3.63) is 75.1 Å². The van der Waals surface area contributed by atoms with Crippen molar-refractivity contribution in [2.24, 2.45) is 0 Å². The number of likely N-dealkylation sites (tertiary alicyclic amines) is 1. The number of rotatable bonds is 5. The maximum Gasteiger partial charge on any atom is 0.264 e. The normalized spacial score (nSPS) is 15.4. The number of nitrogens with one attached hydrogen (secondary N) is 1. The average molecular weight is 531 g/mol. The van der Waals surface area contributed by atoms with Crippen LogP contribution in [0.15, 0.2) is 53.9 Å². The Morgan fingerprint density at radius 2 is 1.70 bits per heavy atom. The lowest BCUT2D eigenvalue weighted by Crippen LogP contribution is -2.56. The molecule has 1 fully saturated rings. The van der Waals surface area contributed by atoms with Gasteiger partial charge in [-0.3, -0.25) is 14.6 Å². The van der Waals surface area contributed by atoms with Gasteiger partial charge in [0, 0.05) is 33.8 Å². The van der Waals surface area contributed by atoms with Gasteiger partial charge >= 0.3 is 0 Å². The van der Waals surface area contributed by atoms with E-state index in [-0.39, 0.29) is 17.2 Å². The fraction of sp³-hybridized carbons (Fsp3) is 0.310. The predicted molar refractivity (Wildman–Crippen MR) is 151 cm³/mol. The summed E-state index contributed by atoms with van der Waals surface area (Å²) in [6.45, 7) is 11.0. The molecule has 1 N–H and O–H groups in total. The molecule has 1 saturated heterocycles. The number of pyridine rings is 1. The Balaban J connectivity index is 1.27. The molecule has 190 valence electrons. The summed E-state index contributed by atoms with van der Waals surface area (Å²) in [4.78, 5) is 38.7. The third-order valence-electron chi connectivity index (χ3n) is 6.45. The first-order valence-corrected chi connectivity index (χ1v) is 14.0. The minimum atomic E-state index is -0.471. The summed E-state index contributed by atoms with van der Waals surface area (Å²) < 4.78 is 0. The number of aryl methyl sites for hydroxylation is 2. The predicted octanol–water partition coefficient (Wildman–Crippen LogP) is 6.70. The lowest BCUT2D eigenvalue weighted by atomic mass is 9.95. The Kier molecular flexibility index (Phi) is 6.72. The van der Waals surface area contributed by atoms with E-state index >= 15 is 0 Å². The third-order valence-corrected chi connectivity index (χ3v) is 8.70. The number of aromatic nitrogens is 2. The molecule has 4 heterocycles. The molecule has 1 atom stereocenters. The van der Waals surface area contributed by atoms with Crippen molar-refractivity contribution in [3.63, 3.8) is 0 Å². The molecule has 0 bridgehead atoms. The Bertz CT molecular complexity index is 1460. The number of thiophene rings is 1. The standard InChI is InChI=1S/C29H30N4O2S2/c1-17-13-21(14-18(2)30-17)19-7-6-8-20(15-19)22-16-36-28(31-22)32-26(34)23-11-12-33(23)27(35)24-9-10-25(37-24)29(3,4)5/h6-10,13-16,23H,11-12H2,1-5H3,(H,31,32,34)/t23-/m0/s1. The second-order valence-corrected chi connectivity index (χ2v) is 12.4. The van der Waals surface area contributed by atoms with Gasteiger partial charge in [0.2, 0.25) is 5.91 Å². The molecule has 1 aliphatic rings. The maximum absolute atomic E-state index is 13.1. The van der Waals surface area contributed by atoms with Crippen LogP contribution < -0.4 is 5.32 Å². The van der Waals surface area contributed by atoms with Gasteiger partial charge in [-0.1, -0.05) is 39.0 Å². The molecule has 0 aliphatic carbocycles. The molecule has 0 unspecified atom stereocenters. The van der Waals surface area contributed by atoms with Gasteiger partial charge in [-0.2, -0.15) is 0 Å². The number of hydrogen-bond donors (Lipinski definition) is 1. The van der Waals surface area contributed by atoms with Crippen molar-refractivity contribution in [1.29, 1.82) is 0 Å². The minimum absolute atomic E-state index is 0.00677. The SMILES string of the molecule is Cc1cc(-c2cccc(-c3csc(NC(=O)[C@@H]4CCN4C(=O)c4ccc(C(C)(C)C)s4)n3)c2)cc(C)n1. The van der Waals surface area contributed by atoms with Crippen LogP contribution >= 0.6 is 22.7 Å². The monoisotopic (exact) mass is 530 g/mol. The second-order valence-electron chi connectivity index (χ2n) is 10.5. The summed E-state index contributed by atoms with van der Waals surface area (Å²) in [6, 6.07) is 15.8. The zero-order chi connectivity index (χ0) is 26.3. The number of carbonyl (C=O) groups is 2. The fourth-order valence-electron chi connectivity index (χ4n) is 4.41. The van der Waals surface area contributed by atoms with Crippen molar-refractivity contribution in [1.82, 2.24) is 14.9 Å². The molecule has 1 aliphatic heterocycles. The average Bonchev–Trinajstić information content (AvgIpc) is 3.48. The molecule has 4 aromatic rings. The zero-order valence-electron chi connectivity index (χ0n) is 21.7. The van der Waals surface area contributed by atoms with E-state index in [9.17, 15) is 9.59 Å². The number of benzene rings is 1. The molecule has 37 heavy (non-hydrogen) atoms. The molecular formula is C29H30N4O2S2. The first-order chi connectivity index (χ1) is 17.6. The van der Waals surface area contributed by atoms with Gasteiger partial charge in [0.15, 0.2) is 5.13 Å². The number of amides is 2. The first-order valence-electron chi connectivity index (χ1n) is 12.3. The van der Waals surface area contributed by atoms with Crippen LogP contribution in [0.3, 0.4) is 0 Å². The van der Waals surface area contributed by atoms with E-state index in [0.717, 1.165) is 38.6 Å². The highest BCUT2D eigenvalue weighted by Gasteiger charge is 2.39. The van der Waals surface area contributed by atoms with Crippen molar-refractivity contribution in [3.8, 4) is 22.4 Å². The van der Waals surface area contributed by atoms with E-state index in [4.69, 9.17) is 0 Å². The van der Waals surface area contributed by atoms with E-state index in [1.54, 1.807) is 4.90 Å². The maximum atomic E-state index is 13.1. The molecule has 6 nitrogen and oxygen atoms in total. The molecule has 0 saturated carbocycles. The molecule has 1 aromatic carbocycles. The highest BCUT2D eigenvalue weighted by molar-refractivity contribution is 7.14. The highest BCUT2D eigenvalue weighted by atomic mass is 32.1. The molecule has 2 amide bonds. The number of thiazole rings is 1. The van der Waals surface area contributed by atoms with Crippen LogP contribution in [-0.2, 0) is 10.2 Å². The van der Waals surface area contributed by atoms with Crippen molar-refractivity contribution in [2.45, 2.75) is 52.5 Å². The van der Waals surface area contributed by atoms with Gasteiger partial charge in [0.05, 0.1) is 10.6 Å². The van der Waals surface area contributed by atoms with E-state index in [2.05, 4.69) is 60.3 Å². The van der Waals surface area contributed by atoms with E-state index in [0.29, 0.717) is 23.0 Å². The van der Waals surface area contributed by atoms with E-state index in [1.165, 1.54) is 22.7 Å². The van der Waals surface area contributed by atoms with Crippen molar-refractivity contribution in [2.75, 3.05) is 11.9 Å². The quantitative estimate of drug-likeness (QED) is 0.311. The lowest BCUT2D eigenvalue weighted by molar-refractivity contribution is -0.123. The Morgan fingerprint density at radius 1 is 0.973 bits per heavy atom. The second kappa shape index (κ2) is 9.84. The van der Waals surface area contributed by atoms with Crippen molar-refractivity contribution < 1.29 is 9.59 Å². The van der Waals surface area contributed by atoms with Gasteiger partial charge in [-0.05, 0) is 67.1 Å². The molecule has 8 heteroatoms. The highest BCUT2D eigenvalue weighted by Crippen LogP contribution is 2.33. The summed E-state index contributed by atoms with van der Waals surface area (Å²) in [6.07, 6.45) is 0.653. The summed E-state index contributed by atoms with van der Waals surface area (Å²) >= 11 is 2.90. The van der Waals surface area contributed by atoms with Gasteiger partial charge in [0.1, 0.15) is 6.04 Å². The van der Waals surface area contributed by atoms with Gasteiger partial charge in [0.25, 0.3) is 5.91 Å². The van der Waals surface area contributed by atoms with Gasteiger partial charge in [-0.15, -0.1) is 22.7 Å². The lowest BCUT2D eigenvalue weighted by Gasteiger charge is -2.39. The molecule has 3 aromatic heterocycles. The zero-order valence-corrected chi connectivity index (χ0v) is 23.3. The summed E-state index contributed by atoms with van der Waals surface area (Å²) in [5.41, 5.74) is 5.95. The molecule has 0 radical (unpaired) electrons. The summed E-state index contributed by atoms with van der Waals surface area (Å²) in [7, 11) is 0. The Labute approximate surface area is 225 Å². The number of carbonyl (C=O) groups excluding carboxylic acids is 2. The van der Waals surface area contributed by atoms with E-state index in [1.807, 2.05) is 43.5 Å². The largest absolute Gasteiger partial charge is 0.326 e. The fourth-order valence-corrected chi connectivity index (χ4v) is 6.15. The summed E-state index contributed by atoms with van der Waals surface area (Å²) in [5.74, 6) is -0.269. The van der Waals surface area contributed by atoms with Crippen LogP contribution in [0, 0.1) is 13.8 Å².